The summed E-state index contributed by atoms with van der Waals surface area (Å²) in [4.78, 5) is 13.3. The van der Waals surface area contributed by atoms with Crippen molar-refractivity contribution in [3.8, 4) is 0 Å². The van der Waals surface area contributed by atoms with Crippen molar-refractivity contribution in [2.24, 2.45) is 0 Å². The largest absolute Gasteiger partial charge is 0.353 e. The number of Topliss-reactive ketones (excluding diaryl/α,β-unsaturated/α-hetero) is 1. The van der Waals surface area contributed by atoms with E-state index in [9.17, 15) is 4.79 Å². The lowest BCUT2D eigenvalue weighted by atomic mass is 9.80. The van der Waals surface area contributed by atoms with Gasteiger partial charge in [-0.1, -0.05) is 97.1 Å². The van der Waals surface area contributed by atoms with Crippen molar-refractivity contribution in [2.45, 2.75) is 37.4 Å². The number of ether oxygens (including phenoxy) is 3. The molecule has 0 aliphatic carbocycles. The van der Waals surface area contributed by atoms with Crippen LogP contribution in [0.5, 0.6) is 0 Å². The summed E-state index contributed by atoms with van der Waals surface area (Å²) in [5, 5.41) is 0. The fraction of sp³-hybridized carbons (Fsp3) is 0.250. The number of hydrogen-bond donors (Lipinski definition) is 0. The van der Waals surface area contributed by atoms with Crippen LogP contribution in [0.4, 0.5) is 0 Å². The smallest absolute Gasteiger partial charge is 0.190 e. The Morgan fingerprint density at radius 2 is 1.31 bits per heavy atom. The molecule has 1 fully saturated rings. The summed E-state index contributed by atoms with van der Waals surface area (Å²) < 4.78 is 18.3. The highest BCUT2D eigenvalue weighted by Crippen LogP contribution is 2.40. The molecule has 4 heteroatoms. The van der Waals surface area contributed by atoms with Crippen molar-refractivity contribution in [3.63, 3.8) is 0 Å². The summed E-state index contributed by atoms with van der Waals surface area (Å²) >= 11 is 0. The Balaban J connectivity index is 1.75. The van der Waals surface area contributed by atoms with E-state index >= 15 is 0 Å². The molecule has 164 valence electrons. The average molecular weight is 429 g/mol. The third-order valence-electron chi connectivity index (χ3n) is 5.65. The van der Waals surface area contributed by atoms with E-state index in [0.29, 0.717) is 0 Å². The summed E-state index contributed by atoms with van der Waals surface area (Å²) in [5.41, 5.74) is 1.86. The Bertz CT molecular complexity index is 948. The zero-order valence-corrected chi connectivity index (χ0v) is 18.4. The molecule has 0 bridgehead atoms. The van der Waals surface area contributed by atoms with E-state index in [1.807, 2.05) is 91.0 Å². The molecule has 0 amide bonds. The lowest BCUT2D eigenvalue weighted by Gasteiger charge is -2.36. The summed E-state index contributed by atoms with van der Waals surface area (Å²) in [6.45, 7) is 7.23. The van der Waals surface area contributed by atoms with Crippen LogP contribution in [-0.2, 0) is 24.6 Å². The fourth-order valence-corrected chi connectivity index (χ4v) is 4.24. The maximum atomic E-state index is 13.3. The standard InChI is InChI=1S/C28H28O4/c1-4-25-26(32-27(2,3)31-25)24(29)20-30-28(21-14-8-5-9-15-21,22-16-10-6-11-17-22)23-18-12-7-13-19-23/h4-19,25-26H,1,20H2,2-3H3/t25-,26+/m1/s1. The lowest BCUT2D eigenvalue weighted by Crippen LogP contribution is -2.39. The summed E-state index contributed by atoms with van der Waals surface area (Å²) in [6, 6.07) is 29.9. The van der Waals surface area contributed by atoms with Crippen molar-refractivity contribution in [1.29, 1.82) is 0 Å². The van der Waals surface area contributed by atoms with Crippen LogP contribution in [0.25, 0.3) is 0 Å². The van der Waals surface area contributed by atoms with E-state index in [2.05, 4.69) is 6.58 Å². The molecular weight excluding hydrogens is 400 g/mol. The van der Waals surface area contributed by atoms with Crippen molar-refractivity contribution < 1.29 is 19.0 Å². The highest BCUT2D eigenvalue weighted by molar-refractivity contribution is 5.85. The monoisotopic (exact) mass is 428 g/mol. The minimum Gasteiger partial charge on any atom is -0.353 e. The Morgan fingerprint density at radius 3 is 1.72 bits per heavy atom. The lowest BCUT2D eigenvalue weighted by molar-refractivity contribution is -0.157. The van der Waals surface area contributed by atoms with Gasteiger partial charge in [0.15, 0.2) is 17.7 Å². The first kappa shape index (κ1) is 22.2. The highest BCUT2D eigenvalue weighted by Gasteiger charge is 2.45. The molecule has 1 aliphatic heterocycles. The number of ketones is 1. The molecule has 0 unspecified atom stereocenters. The molecule has 1 saturated heterocycles. The Kier molecular flexibility index (Phi) is 6.38. The van der Waals surface area contributed by atoms with E-state index in [4.69, 9.17) is 14.2 Å². The van der Waals surface area contributed by atoms with Crippen LogP contribution in [0.1, 0.15) is 30.5 Å². The number of carbonyl (C=O) groups excluding carboxylic acids is 1. The molecule has 1 aliphatic rings. The number of hydrogen-bond acceptors (Lipinski definition) is 4. The minimum atomic E-state index is -0.960. The van der Waals surface area contributed by atoms with E-state index in [1.54, 1.807) is 19.9 Å². The van der Waals surface area contributed by atoms with E-state index in [-0.39, 0.29) is 12.4 Å². The zero-order valence-electron chi connectivity index (χ0n) is 18.4. The quantitative estimate of drug-likeness (QED) is 0.362. The zero-order chi connectivity index (χ0) is 22.6. The van der Waals surface area contributed by atoms with Gasteiger partial charge in [0.25, 0.3) is 0 Å². The predicted molar refractivity (Wildman–Crippen MR) is 124 cm³/mol. The Morgan fingerprint density at radius 1 is 0.875 bits per heavy atom. The van der Waals surface area contributed by atoms with Gasteiger partial charge in [-0.25, -0.2) is 0 Å². The SMILES string of the molecule is C=C[C@H]1OC(C)(C)O[C@H]1C(=O)COC(c1ccccc1)(c1ccccc1)c1ccccc1. The van der Waals surface area contributed by atoms with Gasteiger partial charge < -0.3 is 14.2 Å². The maximum absolute atomic E-state index is 13.3. The third-order valence-corrected chi connectivity index (χ3v) is 5.65. The van der Waals surface area contributed by atoms with Gasteiger partial charge in [-0.3, -0.25) is 4.79 Å². The number of carbonyl (C=O) groups is 1. The first-order chi connectivity index (χ1) is 15.5. The summed E-state index contributed by atoms with van der Waals surface area (Å²) in [6.07, 6.45) is 0.332. The van der Waals surface area contributed by atoms with Crippen LogP contribution in [0.3, 0.4) is 0 Å². The van der Waals surface area contributed by atoms with Crippen molar-refractivity contribution in [1.82, 2.24) is 0 Å². The fourth-order valence-electron chi connectivity index (χ4n) is 4.24. The van der Waals surface area contributed by atoms with Crippen molar-refractivity contribution >= 4 is 5.78 Å². The highest BCUT2D eigenvalue weighted by atomic mass is 16.8. The van der Waals surface area contributed by atoms with Crippen LogP contribution >= 0.6 is 0 Å². The molecule has 2 atom stereocenters. The van der Waals surface area contributed by atoms with Crippen LogP contribution in [0.15, 0.2) is 104 Å². The molecule has 0 saturated carbocycles. The predicted octanol–water partition coefficient (Wildman–Crippen LogP) is 5.27. The number of benzene rings is 3. The van der Waals surface area contributed by atoms with Crippen molar-refractivity contribution in [3.05, 3.63) is 120 Å². The minimum absolute atomic E-state index is 0.146. The first-order valence-corrected chi connectivity index (χ1v) is 10.8. The molecule has 0 spiro atoms. The van der Waals surface area contributed by atoms with Gasteiger partial charge in [0.05, 0.1) is 0 Å². The van der Waals surface area contributed by atoms with Crippen LogP contribution < -0.4 is 0 Å². The van der Waals surface area contributed by atoms with Crippen LogP contribution in [-0.4, -0.2) is 30.4 Å². The van der Waals surface area contributed by atoms with E-state index in [0.717, 1.165) is 16.7 Å². The molecule has 0 N–H and O–H groups in total. The topological polar surface area (TPSA) is 44.8 Å². The van der Waals surface area contributed by atoms with Gasteiger partial charge in [0.1, 0.15) is 18.3 Å². The van der Waals surface area contributed by atoms with Crippen LogP contribution in [0, 0.1) is 0 Å². The molecule has 1 heterocycles. The Hall–Kier alpha value is -3.05. The Labute approximate surface area is 189 Å². The third kappa shape index (κ3) is 4.30. The molecule has 32 heavy (non-hydrogen) atoms. The van der Waals surface area contributed by atoms with Gasteiger partial charge in [-0.15, -0.1) is 6.58 Å². The van der Waals surface area contributed by atoms with E-state index < -0.39 is 23.6 Å². The number of rotatable bonds is 8. The maximum Gasteiger partial charge on any atom is 0.190 e. The summed E-state index contributed by atoms with van der Waals surface area (Å²) in [5.74, 6) is -1.04. The van der Waals surface area contributed by atoms with Gasteiger partial charge in [0, 0.05) is 0 Å². The second-order valence-corrected chi connectivity index (χ2v) is 8.29. The molecule has 4 rings (SSSR count). The van der Waals surface area contributed by atoms with Gasteiger partial charge in [-0.05, 0) is 30.5 Å². The average Bonchev–Trinajstić information content (AvgIpc) is 3.16. The molecular formula is C28H28O4. The second kappa shape index (κ2) is 9.21. The van der Waals surface area contributed by atoms with Crippen molar-refractivity contribution in [2.75, 3.05) is 6.61 Å². The normalized spacial score (nSPS) is 20.1. The van der Waals surface area contributed by atoms with E-state index in [1.165, 1.54) is 0 Å². The molecule has 3 aromatic rings. The molecule has 3 aromatic carbocycles. The van der Waals surface area contributed by atoms with Gasteiger partial charge in [-0.2, -0.15) is 0 Å². The second-order valence-electron chi connectivity index (χ2n) is 8.29. The van der Waals surface area contributed by atoms with Gasteiger partial charge in [0.2, 0.25) is 0 Å². The molecule has 4 nitrogen and oxygen atoms in total. The van der Waals surface area contributed by atoms with Gasteiger partial charge >= 0.3 is 0 Å². The molecule has 0 aromatic heterocycles. The summed E-state index contributed by atoms with van der Waals surface area (Å²) in [7, 11) is 0. The molecule has 0 radical (unpaired) electrons. The first-order valence-electron chi connectivity index (χ1n) is 10.8. The van der Waals surface area contributed by atoms with Crippen LogP contribution in [0.2, 0.25) is 0 Å².